The van der Waals surface area contributed by atoms with E-state index in [1.807, 2.05) is 67.6 Å². The Hall–Kier alpha value is -2.31. The molecule has 6 nitrogen and oxygen atoms in total. The van der Waals surface area contributed by atoms with Gasteiger partial charge in [0, 0.05) is 38.7 Å². The molecule has 0 bridgehead atoms. The van der Waals surface area contributed by atoms with Crippen molar-refractivity contribution in [1.82, 2.24) is 4.90 Å². The Bertz CT molecular complexity index is 1470. The number of fused-ring (bicyclic) bond motifs is 2. The van der Waals surface area contributed by atoms with E-state index in [2.05, 4.69) is 22.6 Å². The molecule has 10 heteroatoms. The molecule has 1 spiro atoms. The van der Waals surface area contributed by atoms with Crippen molar-refractivity contribution in [3.63, 3.8) is 0 Å². The van der Waals surface area contributed by atoms with Gasteiger partial charge in [0.15, 0.2) is 5.60 Å². The number of hydrogen-bond acceptors (Lipinski definition) is 4. The van der Waals surface area contributed by atoms with Crippen LogP contribution in [0.3, 0.4) is 0 Å². The summed E-state index contributed by atoms with van der Waals surface area (Å²) in [5.74, 6) is -1.05. The average molecular weight is 721 g/mol. The summed E-state index contributed by atoms with van der Waals surface area (Å²) < 4.78 is 24.0. The van der Waals surface area contributed by atoms with E-state index in [0.29, 0.717) is 29.4 Å². The average Bonchev–Trinajstić information content (AvgIpc) is 3.35. The molecule has 0 radical (unpaired) electrons. The second-order valence-electron chi connectivity index (χ2n) is 11.7. The van der Waals surface area contributed by atoms with Gasteiger partial charge < -0.3 is 23.8 Å². The number of benzene rings is 3. The molecular weight excluding hydrogens is 686 g/mol. The Labute approximate surface area is 266 Å². The molecule has 3 aromatic carbocycles. The maximum absolute atomic E-state index is 16.2. The lowest BCUT2D eigenvalue weighted by atomic mass is 9.82. The number of rotatable bonds is 9. The molecule has 1 saturated heterocycles. The van der Waals surface area contributed by atoms with Crippen molar-refractivity contribution in [2.75, 3.05) is 18.1 Å². The number of carbonyl (C=O) groups excluding carboxylic acids is 2. The Morgan fingerprint density at radius 2 is 1.83 bits per heavy atom. The van der Waals surface area contributed by atoms with Crippen molar-refractivity contribution in [1.29, 1.82) is 0 Å². The van der Waals surface area contributed by atoms with Crippen LogP contribution in [0.25, 0.3) is 0 Å². The molecule has 2 amide bonds. The van der Waals surface area contributed by atoms with Crippen LogP contribution in [0, 0.1) is 9.49 Å². The van der Waals surface area contributed by atoms with E-state index in [1.54, 1.807) is 35.0 Å². The van der Waals surface area contributed by atoms with Crippen LogP contribution in [0.5, 0.6) is 0 Å². The van der Waals surface area contributed by atoms with Crippen molar-refractivity contribution < 1.29 is 23.5 Å². The molecule has 0 saturated carbocycles. The zero-order valence-electron chi connectivity index (χ0n) is 23.9. The van der Waals surface area contributed by atoms with Crippen LogP contribution in [0.4, 0.5) is 9.80 Å². The molecule has 2 aliphatic rings. The predicted molar refractivity (Wildman–Crippen MR) is 173 cm³/mol. The standard InChI is InChI=1S/C32H35ClFIN2O4Si/c1-21-30(42(2,3)34)28(18-29(39)36(14-15-38)19-22-8-5-4-6-9-22)41-32(21)26-17-24(33)12-13-27(26)37(31(32)40)20-23-10-7-11-25(35)16-23/h4-13,16-17,21,28,30,38H,14-15,18-20H2,1-3H3/t21-,28+,30-,32+/m1/s1. The lowest BCUT2D eigenvalue weighted by Crippen LogP contribution is -2.45. The number of halogens is 3. The molecule has 5 rings (SSSR count). The fourth-order valence-electron chi connectivity index (χ4n) is 6.71. The summed E-state index contributed by atoms with van der Waals surface area (Å²) in [5.41, 5.74) is 1.10. The van der Waals surface area contributed by atoms with Gasteiger partial charge in [-0.15, -0.1) is 0 Å². The van der Waals surface area contributed by atoms with Crippen molar-refractivity contribution in [2.45, 2.75) is 56.8 Å². The first-order valence-corrected chi connectivity index (χ1v) is 18.5. The van der Waals surface area contributed by atoms with Gasteiger partial charge in [-0.25, -0.2) is 0 Å². The fourth-order valence-corrected chi connectivity index (χ4v) is 9.99. The zero-order chi connectivity index (χ0) is 30.2. The molecule has 0 unspecified atom stereocenters. The molecule has 4 atom stereocenters. The SMILES string of the molecule is C[C@@H]1[C@@H]([Si](C)(C)F)[C@H](CC(=O)N(CCO)Cc2ccccc2)O[C@@]12C(=O)N(Cc1cccc(I)c1)c1ccc(Cl)cc12. The zero-order valence-corrected chi connectivity index (χ0v) is 27.8. The van der Waals surface area contributed by atoms with Gasteiger partial charge in [0.2, 0.25) is 14.3 Å². The van der Waals surface area contributed by atoms with Crippen molar-refractivity contribution in [3.8, 4) is 0 Å². The highest BCUT2D eigenvalue weighted by Gasteiger charge is 2.67. The first kappa shape index (κ1) is 31.1. The van der Waals surface area contributed by atoms with Gasteiger partial charge in [-0.3, -0.25) is 9.59 Å². The number of anilines is 1. The van der Waals surface area contributed by atoms with Crippen LogP contribution in [-0.4, -0.2) is 49.5 Å². The predicted octanol–water partition coefficient (Wildman–Crippen LogP) is 6.68. The maximum atomic E-state index is 16.2. The third kappa shape index (κ3) is 5.90. The van der Waals surface area contributed by atoms with Gasteiger partial charge in [0.25, 0.3) is 5.91 Å². The smallest absolute Gasteiger partial charge is 0.264 e. The third-order valence-electron chi connectivity index (χ3n) is 8.47. The molecule has 1 N–H and O–H groups in total. The molecule has 222 valence electrons. The van der Waals surface area contributed by atoms with Crippen LogP contribution in [0.15, 0.2) is 72.8 Å². The molecule has 2 aliphatic heterocycles. The quantitative estimate of drug-likeness (QED) is 0.152. The maximum Gasteiger partial charge on any atom is 0.264 e. The summed E-state index contributed by atoms with van der Waals surface area (Å²) in [6.07, 6.45) is -0.908. The fraction of sp³-hybridized carbons (Fsp3) is 0.375. The van der Waals surface area contributed by atoms with E-state index in [1.165, 1.54) is 0 Å². The van der Waals surface area contributed by atoms with E-state index in [4.69, 9.17) is 16.3 Å². The van der Waals surface area contributed by atoms with E-state index in [0.717, 1.165) is 14.7 Å². The van der Waals surface area contributed by atoms with E-state index in [9.17, 15) is 14.7 Å². The van der Waals surface area contributed by atoms with Gasteiger partial charge in [0.05, 0.1) is 31.4 Å². The molecule has 0 aliphatic carbocycles. The minimum atomic E-state index is -3.46. The summed E-state index contributed by atoms with van der Waals surface area (Å²) in [7, 11) is -3.46. The first-order valence-electron chi connectivity index (χ1n) is 14.1. The van der Waals surface area contributed by atoms with E-state index in [-0.39, 0.29) is 31.4 Å². The van der Waals surface area contributed by atoms with Crippen LogP contribution in [0.2, 0.25) is 23.7 Å². The van der Waals surface area contributed by atoms with Crippen molar-refractivity contribution >= 4 is 60.1 Å². The van der Waals surface area contributed by atoms with E-state index >= 15 is 4.11 Å². The number of aliphatic hydroxyl groups excluding tert-OH is 1. The van der Waals surface area contributed by atoms with Gasteiger partial charge in [-0.1, -0.05) is 61.0 Å². The van der Waals surface area contributed by atoms with Crippen molar-refractivity contribution in [2.24, 2.45) is 5.92 Å². The second kappa shape index (κ2) is 12.4. The first-order chi connectivity index (χ1) is 20.0. The lowest BCUT2D eigenvalue weighted by Gasteiger charge is -2.31. The number of amides is 2. The van der Waals surface area contributed by atoms with Crippen LogP contribution in [-0.2, 0) is 33.0 Å². The largest absolute Gasteiger partial charge is 0.395 e. The summed E-state index contributed by atoms with van der Waals surface area (Å²) >= 11 is 8.72. The highest BCUT2D eigenvalue weighted by atomic mass is 127. The summed E-state index contributed by atoms with van der Waals surface area (Å²) in [6.45, 7) is 5.69. The summed E-state index contributed by atoms with van der Waals surface area (Å²) in [4.78, 5) is 31.5. The number of ether oxygens (including phenoxy) is 1. The van der Waals surface area contributed by atoms with Crippen LogP contribution < -0.4 is 4.90 Å². The highest BCUT2D eigenvalue weighted by Crippen LogP contribution is 2.60. The van der Waals surface area contributed by atoms with Gasteiger partial charge in [-0.2, -0.15) is 0 Å². The topological polar surface area (TPSA) is 70.1 Å². The lowest BCUT2D eigenvalue weighted by molar-refractivity contribution is -0.150. The second-order valence-corrected chi connectivity index (χ2v) is 17.2. The van der Waals surface area contributed by atoms with Crippen molar-refractivity contribution in [3.05, 3.63) is 98.1 Å². The number of hydrogen-bond donors (Lipinski definition) is 1. The van der Waals surface area contributed by atoms with Gasteiger partial charge in [0.1, 0.15) is 0 Å². The monoisotopic (exact) mass is 720 g/mol. The van der Waals surface area contributed by atoms with Gasteiger partial charge >= 0.3 is 0 Å². The summed E-state index contributed by atoms with van der Waals surface area (Å²) in [6, 6.07) is 22.8. The Balaban J connectivity index is 1.51. The molecule has 3 aromatic rings. The molecular formula is C32H35ClFIN2O4Si. The Morgan fingerprint density at radius 3 is 2.50 bits per heavy atom. The number of aliphatic hydroxyl groups is 1. The minimum Gasteiger partial charge on any atom is -0.395 e. The molecule has 42 heavy (non-hydrogen) atoms. The molecule has 2 heterocycles. The minimum absolute atomic E-state index is 0.0933. The molecule has 1 fully saturated rings. The highest BCUT2D eigenvalue weighted by molar-refractivity contribution is 14.1. The van der Waals surface area contributed by atoms with Gasteiger partial charge in [-0.05, 0) is 77.1 Å². The Morgan fingerprint density at radius 1 is 1.12 bits per heavy atom. The normalized spacial score (nSPS) is 23.5. The van der Waals surface area contributed by atoms with E-state index < -0.39 is 31.6 Å². The molecule has 0 aromatic heterocycles. The summed E-state index contributed by atoms with van der Waals surface area (Å²) in [5, 5.41) is 10.2. The number of carbonyl (C=O) groups is 2. The van der Waals surface area contributed by atoms with Crippen LogP contribution >= 0.6 is 34.2 Å². The number of nitrogens with zero attached hydrogens (tertiary/aromatic N) is 2. The Kier molecular flexibility index (Phi) is 9.16. The third-order valence-corrected chi connectivity index (χ3v) is 11.8. The van der Waals surface area contributed by atoms with Crippen LogP contribution in [0.1, 0.15) is 30.0 Å².